The van der Waals surface area contributed by atoms with E-state index in [1.807, 2.05) is 25.1 Å². The minimum absolute atomic E-state index is 0.216. The molecule has 28 heavy (non-hydrogen) atoms. The van der Waals surface area contributed by atoms with Crippen molar-refractivity contribution in [2.75, 3.05) is 0 Å². The van der Waals surface area contributed by atoms with Crippen LogP contribution in [0.5, 0.6) is 17.2 Å². The highest BCUT2D eigenvalue weighted by molar-refractivity contribution is 7.55. The van der Waals surface area contributed by atoms with E-state index >= 15 is 0 Å². The Labute approximate surface area is 166 Å². The highest BCUT2D eigenvalue weighted by atomic mass is 31.1. The van der Waals surface area contributed by atoms with E-state index in [0.29, 0.717) is 14.3 Å². The van der Waals surface area contributed by atoms with Gasteiger partial charge in [0.2, 0.25) is 0 Å². The van der Waals surface area contributed by atoms with Crippen LogP contribution in [-0.2, 0) is 0 Å². The van der Waals surface area contributed by atoms with E-state index in [9.17, 15) is 10.2 Å². The zero-order valence-corrected chi connectivity index (χ0v) is 16.8. The van der Waals surface area contributed by atoms with Gasteiger partial charge in [0.25, 0.3) is 0 Å². The lowest BCUT2D eigenvalue weighted by atomic mass is 10.1. The molecular formula is C24H23O3P. The maximum Gasteiger partial charge on any atom is 0.123 e. The van der Waals surface area contributed by atoms with Crippen LogP contribution in [0.3, 0.4) is 0 Å². The minimum Gasteiger partial charge on any atom is -0.508 e. The molecule has 0 aliphatic carbocycles. The van der Waals surface area contributed by atoms with Gasteiger partial charge in [-0.1, -0.05) is 62.2 Å². The molecule has 0 saturated heterocycles. The van der Waals surface area contributed by atoms with Crippen molar-refractivity contribution < 1.29 is 15.3 Å². The first-order valence-electron chi connectivity index (χ1n) is 8.96. The summed E-state index contributed by atoms with van der Waals surface area (Å²) in [5, 5.41) is 32.2. The molecule has 0 bridgehead atoms. The normalized spacial score (nSPS) is 10.8. The maximum atomic E-state index is 9.76. The Hall–Kier alpha value is -3.03. The summed E-state index contributed by atoms with van der Waals surface area (Å²) in [4.78, 5) is 0. The molecule has 0 amide bonds. The second-order valence-corrected chi connectivity index (χ2v) is 8.06. The van der Waals surface area contributed by atoms with Gasteiger partial charge in [-0.05, 0) is 60.9 Å². The first kappa shape index (κ1) is 19.7. The molecule has 0 radical (unpaired) electrons. The van der Waals surface area contributed by atoms with Gasteiger partial charge in [-0.15, -0.1) is 0 Å². The second kappa shape index (κ2) is 8.77. The summed E-state index contributed by atoms with van der Waals surface area (Å²) in [6, 6.07) is 24.3. The van der Waals surface area contributed by atoms with Crippen LogP contribution in [0.25, 0.3) is 10.8 Å². The lowest BCUT2D eigenvalue weighted by molar-refractivity contribution is 0.475. The number of hydrogen-bond acceptors (Lipinski definition) is 3. The first-order valence-corrected chi connectivity index (χ1v) is 9.96. The van der Waals surface area contributed by atoms with Crippen LogP contribution >= 0.6 is 8.58 Å². The predicted octanol–water partition coefficient (Wildman–Crippen LogP) is 4.89. The third-order valence-electron chi connectivity index (χ3n) is 4.32. The lowest BCUT2D eigenvalue weighted by Gasteiger charge is -2.06. The van der Waals surface area contributed by atoms with E-state index in [1.165, 1.54) is 16.4 Å². The Bertz CT molecular complexity index is 1090. The van der Waals surface area contributed by atoms with Crippen molar-refractivity contribution in [1.29, 1.82) is 0 Å². The largest absolute Gasteiger partial charge is 0.508 e. The molecule has 4 aromatic rings. The summed E-state index contributed by atoms with van der Waals surface area (Å²) in [5.41, 5.74) is 2.45. The van der Waals surface area contributed by atoms with Crippen LogP contribution in [0.2, 0.25) is 0 Å². The number of benzene rings is 4. The van der Waals surface area contributed by atoms with Crippen LogP contribution in [0.4, 0.5) is 0 Å². The van der Waals surface area contributed by atoms with E-state index in [-0.39, 0.29) is 11.5 Å². The van der Waals surface area contributed by atoms with Crippen LogP contribution < -0.4 is 10.6 Å². The summed E-state index contributed by atoms with van der Waals surface area (Å²) in [5.74, 6) is 0.852. The summed E-state index contributed by atoms with van der Waals surface area (Å²) in [7, 11) is 0.518. The molecule has 0 heterocycles. The van der Waals surface area contributed by atoms with Crippen molar-refractivity contribution in [3.63, 3.8) is 0 Å². The second-order valence-electron chi connectivity index (χ2n) is 6.69. The number of aryl methyl sites for hydroxylation is 2. The van der Waals surface area contributed by atoms with Crippen molar-refractivity contribution in [3.8, 4) is 17.2 Å². The van der Waals surface area contributed by atoms with Crippen molar-refractivity contribution in [3.05, 3.63) is 90.0 Å². The SMILES string of the molecule is Cc1ccc(Pc2cc(C)ccc2O)cc1.Oc1ccc2c(O)cccc2c1. The minimum atomic E-state index is 0.216. The number of fused-ring (bicyclic) bond motifs is 1. The van der Waals surface area contributed by atoms with Crippen LogP contribution in [0, 0.1) is 13.8 Å². The van der Waals surface area contributed by atoms with Crippen molar-refractivity contribution in [2.24, 2.45) is 0 Å². The van der Waals surface area contributed by atoms with Gasteiger partial charge >= 0.3 is 0 Å². The van der Waals surface area contributed by atoms with Crippen molar-refractivity contribution in [2.45, 2.75) is 13.8 Å². The Balaban J connectivity index is 0.000000167. The highest BCUT2D eigenvalue weighted by Crippen LogP contribution is 2.26. The zero-order chi connectivity index (χ0) is 20.1. The van der Waals surface area contributed by atoms with Gasteiger partial charge in [0, 0.05) is 10.7 Å². The highest BCUT2D eigenvalue weighted by Gasteiger charge is 2.02. The zero-order valence-electron chi connectivity index (χ0n) is 15.8. The molecule has 0 fully saturated rings. The van der Waals surface area contributed by atoms with Gasteiger partial charge in [-0.2, -0.15) is 0 Å². The maximum absolute atomic E-state index is 9.76. The van der Waals surface area contributed by atoms with Crippen LogP contribution in [-0.4, -0.2) is 15.3 Å². The molecule has 0 spiro atoms. The fourth-order valence-electron chi connectivity index (χ4n) is 2.80. The summed E-state index contributed by atoms with van der Waals surface area (Å²) >= 11 is 0. The fourth-order valence-corrected chi connectivity index (χ4v) is 3.95. The Kier molecular flexibility index (Phi) is 6.18. The number of aromatic hydroxyl groups is 3. The molecule has 0 saturated carbocycles. The van der Waals surface area contributed by atoms with E-state index in [2.05, 4.69) is 31.2 Å². The molecule has 1 atom stereocenters. The molecule has 4 aromatic carbocycles. The monoisotopic (exact) mass is 390 g/mol. The quantitative estimate of drug-likeness (QED) is 0.427. The molecule has 3 N–H and O–H groups in total. The molecule has 1 unspecified atom stereocenters. The summed E-state index contributed by atoms with van der Waals surface area (Å²) in [6.45, 7) is 4.12. The molecule has 0 aromatic heterocycles. The number of rotatable bonds is 2. The van der Waals surface area contributed by atoms with Crippen LogP contribution in [0.15, 0.2) is 78.9 Å². The Morgan fingerprint density at radius 1 is 0.643 bits per heavy atom. The number of hydrogen-bond donors (Lipinski definition) is 3. The summed E-state index contributed by atoms with van der Waals surface area (Å²) in [6.07, 6.45) is 0. The third-order valence-corrected chi connectivity index (χ3v) is 5.62. The van der Waals surface area contributed by atoms with E-state index in [4.69, 9.17) is 5.11 Å². The van der Waals surface area contributed by atoms with Crippen molar-refractivity contribution >= 4 is 30.0 Å². The molecule has 3 nitrogen and oxygen atoms in total. The molecule has 0 aliphatic rings. The van der Waals surface area contributed by atoms with Gasteiger partial charge in [0.05, 0.1) is 0 Å². The smallest absolute Gasteiger partial charge is 0.123 e. The van der Waals surface area contributed by atoms with E-state index in [1.54, 1.807) is 36.4 Å². The number of phenolic OH excluding ortho intramolecular Hbond substituents is 3. The molecule has 0 aliphatic heterocycles. The average molecular weight is 390 g/mol. The predicted molar refractivity (Wildman–Crippen MR) is 119 cm³/mol. The lowest BCUT2D eigenvalue weighted by Crippen LogP contribution is -2.04. The summed E-state index contributed by atoms with van der Waals surface area (Å²) < 4.78 is 0. The molecule has 4 heteroatoms. The van der Waals surface area contributed by atoms with Gasteiger partial charge < -0.3 is 15.3 Å². The van der Waals surface area contributed by atoms with Crippen molar-refractivity contribution in [1.82, 2.24) is 0 Å². The molecule has 142 valence electrons. The topological polar surface area (TPSA) is 60.7 Å². The first-order chi connectivity index (χ1) is 13.4. The van der Waals surface area contributed by atoms with E-state index < -0.39 is 0 Å². The van der Waals surface area contributed by atoms with Gasteiger partial charge in [0.15, 0.2) is 0 Å². The molecule has 4 rings (SSSR count). The van der Waals surface area contributed by atoms with Gasteiger partial charge in [-0.25, -0.2) is 0 Å². The average Bonchev–Trinajstić information content (AvgIpc) is 2.67. The standard InChI is InChI=1S/C14H15OP.C10H8O2/c1-10-3-6-12(7-4-10)16-14-9-11(2)5-8-13(14)15;11-8-4-5-9-7(6-8)2-1-3-10(9)12/h3-9,15-16H,1-2H3;1-6,11-12H. The van der Waals surface area contributed by atoms with Crippen LogP contribution in [0.1, 0.15) is 11.1 Å². The van der Waals surface area contributed by atoms with E-state index in [0.717, 1.165) is 16.1 Å². The molecular weight excluding hydrogens is 367 g/mol. The fraction of sp³-hybridized carbons (Fsp3) is 0.0833. The third kappa shape index (κ3) is 5.03. The Morgan fingerprint density at radius 2 is 1.36 bits per heavy atom. The Morgan fingerprint density at radius 3 is 2.11 bits per heavy atom. The van der Waals surface area contributed by atoms with Gasteiger partial charge in [-0.3, -0.25) is 0 Å². The number of phenols is 3. The van der Waals surface area contributed by atoms with Gasteiger partial charge in [0.1, 0.15) is 17.2 Å².